The van der Waals surface area contributed by atoms with Crippen LogP contribution in [0, 0.1) is 5.82 Å². The summed E-state index contributed by atoms with van der Waals surface area (Å²) in [5, 5.41) is 6.54. The lowest BCUT2D eigenvalue weighted by molar-refractivity contribution is 0.381. The van der Waals surface area contributed by atoms with E-state index in [0.29, 0.717) is 23.3 Å². The van der Waals surface area contributed by atoms with Crippen LogP contribution in [0.4, 0.5) is 10.1 Å². The van der Waals surface area contributed by atoms with Gasteiger partial charge in [-0.25, -0.2) is 4.39 Å². The van der Waals surface area contributed by atoms with Crippen molar-refractivity contribution in [2.75, 3.05) is 12.3 Å². The van der Waals surface area contributed by atoms with Gasteiger partial charge in [0.25, 0.3) is 0 Å². The predicted octanol–water partition coefficient (Wildman–Crippen LogP) is 3.03. The second-order valence-corrected chi connectivity index (χ2v) is 4.55. The van der Waals surface area contributed by atoms with Crippen LogP contribution < -0.4 is 15.8 Å². The number of nitrogens with zero attached hydrogens (tertiary/aromatic N) is 2. The summed E-state index contributed by atoms with van der Waals surface area (Å²) >= 11 is 0. The number of ether oxygens (including phenoxy) is 1. The fourth-order valence-corrected chi connectivity index (χ4v) is 1.81. The number of hydrogen-bond donors (Lipinski definition) is 1. The maximum atomic E-state index is 13.7. The molecule has 1 aliphatic heterocycles. The molecule has 0 bridgehead atoms. The van der Waals surface area contributed by atoms with Crippen LogP contribution in [0.3, 0.4) is 0 Å². The molecule has 1 aromatic carbocycles. The van der Waals surface area contributed by atoms with Crippen molar-refractivity contribution in [1.29, 1.82) is 0 Å². The third-order valence-corrected chi connectivity index (χ3v) is 3.02. The van der Waals surface area contributed by atoms with Crippen LogP contribution in [0.2, 0.25) is 0 Å². The van der Waals surface area contributed by atoms with Crippen molar-refractivity contribution in [3.8, 4) is 5.75 Å². The molecule has 2 N–H and O–H groups in total. The van der Waals surface area contributed by atoms with Crippen LogP contribution in [-0.2, 0) is 0 Å². The van der Waals surface area contributed by atoms with Crippen LogP contribution in [0.5, 0.6) is 5.75 Å². The largest absolute Gasteiger partial charge is 0.454 e. The molecule has 0 aromatic heterocycles. The molecule has 4 nitrogen and oxygen atoms in total. The van der Waals surface area contributed by atoms with Crippen molar-refractivity contribution in [2.45, 2.75) is 20.8 Å². The normalized spacial score (nSPS) is 13.8. The van der Waals surface area contributed by atoms with E-state index in [-0.39, 0.29) is 5.75 Å². The zero-order valence-electron chi connectivity index (χ0n) is 12.5. The van der Waals surface area contributed by atoms with E-state index in [9.17, 15) is 4.39 Å². The zero-order valence-corrected chi connectivity index (χ0v) is 13.7. The van der Waals surface area contributed by atoms with Crippen LogP contribution in [-0.4, -0.2) is 17.8 Å². The van der Waals surface area contributed by atoms with E-state index in [2.05, 4.69) is 14.3 Å². The number of nitrogen functional groups attached to an aromatic ring is 1. The van der Waals surface area contributed by atoms with Crippen molar-refractivity contribution >= 4 is 26.4 Å². The van der Waals surface area contributed by atoms with Gasteiger partial charge in [-0.05, 0) is 30.4 Å². The number of benzene rings is 1. The highest BCUT2D eigenvalue weighted by molar-refractivity contribution is 7.28. The third-order valence-electron chi connectivity index (χ3n) is 2.52. The highest BCUT2D eigenvalue weighted by atomic mass is 31.0. The van der Waals surface area contributed by atoms with Gasteiger partial charge in [-0.1, -0.05) is 13.8 Å². The summed E-state index contributed by atoms with van der Waals surface area (Å²) in [4.78, 5) is 0. The number of allylic oxidation sites excluding steroid dienone is 1. The van der Waals surface area contributed by atoms with Gasteiger partial charge >= 0.3 is 0 Å². The molecule has 1 aliphatic rings. The molecule has 6 heteroatoms. The summed E-state index contributed by atoms with van der Waals surface area (Å²) in [6.45, 7) is 6.42. The van der Waals surface area contributed by atoms with Crippen molar-refractivity contribution in [3.05, 3.63) is 42.1 Å². The highest BCUT2D eigenvalue weighted by Gasteiger charge is 2.10. The molecule has 1 heterocycles. The van der Waals surface area contributed by atoms with Gasteiger partial charge < -0.3 is 10.5 Å². The smallest absolute Gasteiger partial charge is 0.167 e. The van der Waals surface area contributed by atoms with E-state index in [4.69, 9.17) is 10.5 Å². The van der Waals surface area contributed by atoms with Crippen LogP contribution >= 0.6 is 9.24 Å². The van der Waals surface area contributed by atoms with E-state index >= 15 is 0 Å². The van der Waals surface area contributed by atoms with E-state index in [1.807, 2.05) is 26.8 Å². The van der Waals surface area contributed by atoms with Crippen LogP contribution in [0.25, 0.3) is 0 Å². The molecule has 0 saturated heterocycles. The van der Waals surface area contributed by atoms with E-state index in [1.165, 1.54) is 6.07 Å². The molecular formula is C15H21FN3OP. The van der Waals surface area contributed by atoms with E-state index in [0.717, 1.165) is 0 Å². The van der Waals surface area contributed by atoms with Gasteiger partial charge in [0.1, 0.15) is 5.76 Å². The molecule has 1 atom stereocenters. The first-order valence-corrected chi connectivity index (χ1v) is 7.34. The fraction of sp³-hybridized carbons (Fsp3) is 0.267. The van der Waals surface area contributed by atoms with Crippen LogP contribution in [0.1, 0.15) is 20.8 Å². The summed E-state index contributed by atoms with van der Waals surface area (Å²) < 4.78 is 19.2. The molecule has 0 radical (unpaired) electrons. The summed E-state index contributed by atoms with van der Waals surface area (Å²) in [6.07, 6.45) is 7.02. The van der Waals surface area contributed by atoms with Gasteiger partial charge in [-0.15, -0.1) is 9.24 Å². The standard InChI is InChI=1S/C13H15FN3OP.C2H6/c1-2-16-17-5-3-9(4-6-17)18-12-8-13(19)11(15)7-10(12)14;1-2/h2-5,7-8H,6,15,19H2,1H3;1-2H3/b16-2-;. The van der Waals surface area contributed by atoms with Gasteiger partial charge in [-0.2, -0.15) is 5.10 Å². The molecule has 1 unspecified atom stereocenters. The Morgan fingerprint density at radius 1 is 1.43 bits per heavy atom. The van der Waals surface area contributed by atoms with Gasteiger partial charge in [-0.3, -0.25) is 5.01 Å². The number of nitrogens with two attached hydrogens (primary N) is 1. The Morgan fingerprint density at radius 2 is 2.14 bits per heavy atom. The first-order valence-electron chi connectivity index (χ1n) is 6.76. The van der Waals surface area contributed by atoms with Gasteiger partial charge in [0.2, 0.25) is 0 Å². The Labute approximate surface area is 127 Å². The Morgan fingerprint density at radius 3 is 2.71 bits per heavy atom. The lowest BCUT2D eigenvalue weighted by Gasteiger charge is -2.17. The van der Waals surface area contributed by atoms with E-state index < -0.39 is 5.82 Å². The second-order valence-electron chi connectivity index (χ2n) is 3.93. The lowest BCUT2D eigenvalue weighted by atomic mass is 10.3. The Hall–Kier alpha value is -1.87. The number of hydrazone groups is 1. The predicted molar refractivity (Wildman–Crippen MR) is 90.2 cm³/mol. The van der Waals surface area contributed by atoms with Crippen molar-refractivity contribution < 1.29 is 9.13 Å². The number of anilines is 1. The van der Waals surface area contributed by atoms with Crippen molar-refractivity contribution in [3.63, 3.8) is 0 Å². The molecule has 0 spiro atoms. The molecular weight excluding hydrogens is 288 g/mol. The maximum absolute atomic E-state index is 13.7. The zero-order chi connectivity index (χ0) is 15.8. The summed E-state index contributed by atoms with van der Waals surface area (Å²) in [7, 11) is 2.44. The quantitative estimate of drug-likeness (QED) is 0.530. The molecule has 0 aliphatic carbocycles. The first kappa shape index (κ1) is 17.2. The number of rotatable bonds is 3. The Bertz CT molecular complexity index is 570. The summed E-state index contributed by atoms with van der Waals surface area (Å²) in [5.74, 6) is 0.255. The second kappa shape index (κ2) is 8.42. The SMILES string of the molecule is C/C=N\N1C=CC(Oc2cc(P)c(N)cc2F)=CC1.CC. The fourth-order valence-electron chi connectivity index (χ4n) is 1.57. The minimum Gasteiger partial charge on any atom is -0.454 e. The molecule has 0 fully saturated rings. The van der Waals surface area contributed by atoms with Gasteiger partial charge in [0, 0.05) is 24.2 Å². The molecule has 114 valence electrons. The van der Waals surface area contributed by atoms with Crippen molar-refractivity contribution in [1.82, 2.24) is 5.01 Å². The minimum absolute atomic E-state index is 0.155. The van der Waals surface area contributed by atoms with Crippen molar-refractivity contribution in [2.24, 2.45) is 5.10 Å². The molecule has 0 amide bonds. The monoisotopic (exact) mass is 309 g/mol. The van der Waals surface area contributed by atoms with Gasteiger partial charge in [0.15, 0.2) is 11.6 Å². The van der Waals surface area contributed by atoms with Gasteiger partial charge in [0.05, 0.1) is 6.54 Å². The molecule has 2 rings (SSSR count). The average Bonchev–Trinajstić information content (AvgIpc) is 2.49. The molecule has 0 saturated carbocycles. The topological polar surface area (TPSA) is 50.8 Å². The molecule has 21 heavy (non-hydrogen) atoms. The number of hydrogen-bond acceptors (Lipinski definition) is 4. The third kappa shape index (κ3) is 4.87. The van der Waals surface area contributed by atoms with E-state index in [1.54, 1.807) is 29.6 Å². The van der Waals surface area contributed by atoms with Crippen LogP contribution in [0.15, 0.2) is 41.3 Å². The summed E-state index contributed by atoms with van der Waals surface area (Å²) in [5.41, 5.74) is 5.99. The first-order chi connectivity index (χ1) is 10.1. The average molecular weight is 309 g/mol. The molecule has 1 aromatic rings. The highest BCUT2D eigenvalue weighted by Crippen LogP contribution is 2.23. The Kier molecular flexibility index (Phi) is 6.89. The minimum atomic E-state index is -0.480. The summed E-state index contributed by atoms with van der Waals surface area (Å²) in [6, 6.07) is 2.80. The Balaban J connectivity index is 0.00000106. The number of halogens is 1. The maximum Gasteiger partial charge on any atom is 0.167 e. The lowest BCUT2D eigenvalue weighted by Crippen LogP contribution is -2.15.